The average molecular weight is 368 g/mol. The first-order chi connectivity index (χ1) is 12.5. The molecule has 0 aliphatic heterocycles. The van der Waals surface area contributed by atoms with Crippen molar-refractivity contribution in [2.75, 3.05) is 11.9 Å². The number of rotatable bonds is 6. The minimum absolute atomic E-state index is 0.218. The molecule has 1 aromatic heterocycles. The number of aromatic nitrogens is 1. The summed E-state index contributed by atoms with van der Waals surface area (Å²) in [5.41, 5.74) is 3.11. The fraction of sp³-hybridized carbons (Fsp3) is 0.105. The van der Waals surface area contributed by atoms with Crippen LogP contribution in [0.15, 0.2) is 53.9 Å². The zero-order chi connectivity index (χ0) is 18.5. The van der Waals surface area contributed by atoms with Crippen molar-refractivity contribution in [3.63, 3.8) is 0 Å². The normalized spacial score (nSPS) is 10.3. The Labute approximate surface area is 154 Å². The molecule has 6 nitrogen and oxygen atoms in total. The molecule has 2 N–H and O–H groups in total. The fourth-order valence-corrected chi connectivity index (χ4v) is 2.94. The number of nitrogens with one attached hydrogen (secondary N) is 1. The van der Waals surface area contributed by atoms with Crippen molar-refractivity contribution in [2.24, 2.45) is 0 Å². The summed E-state index contributed by atoms with van der Waals surface area (Å²) in [6, 6.07) is 14.3. The van der Waals surface area contributed by atoms with E-state index in [2.05, 4.69) is 10.3 Å². The molecule has 26 heavy (non-hydrogen) atoms. The quantitative estimate of drug-likeness (QED) is 0.690. The highest BCUT2D eigenvalue weighted by Crippen LogP contribution is 2.27. The summed E-state index contributed by atoms with van der Waals surface area (Å²) in [6.07, 6.45) is 0. The van der Waals surface area contributed by atoms with Crippen LogP contribution in [0.5, 0.6) is 5.75 Å². The number of carbonyl (C=O) groups is 2. The number of hydrogen-bond acceptors (Lipinski definition) is 5. The number of hydrogen-bond donors (Lipinski definition) is 2. The average Bonchev–Trinajstić information content (AvgIpc) is 3.09. The Morgan fingerprint density at radius 2 is 1.96 bits per heavy atom. The molecular weight excluding hydrogens is 352 g/mol. The number of aryl methyl sites for hydroxylation is 1. The lowest BCUT2D eigenvalue weighted by atomic mass is 10.1. The number of nitrogens with zero attached hydrogens (tertiary/aromatic N) is 1. The van der Waals surface area contributed by atoms with E-state index in [9.17, 15) is 9.59 Å². The fourth-order valence-electron chi connectivity index (χ4n) is 2.23. The van der Waals surface area contributed by atoms with Crippen LogP contribution in [0.25, 0.3) is 11.3 Å². The van der Waals surface area contributed by atoms with Gasteiger partial charge in [-0.25, -0.2) is 9.78 Å². The Kier molecular flexibility index (Phi) is 5.28. The Morgan fingerprint density at radius 1 is 1.19 bits per heavy atom. The summed E-state index contributed by atoms with van der Waals surface area (Å²) in [6.45, 7) is 1.56. The molecule has 0 aliphatic carbocycles. The van der Waals surface area contributed by atoms with E-state index in [0.717, 1.165) is 11.1 Å². The van der Waals surface area contributed by atoms with E-state index in [1.807, 2.05) is 30.5 Å². The highest BCUT2D eigenvalue weighted by molar-refractivity contribution is 7.14. The Hall–Kier alpha value is -3.19. The minimum Gasteiger partial charge on any atom is -0.482 e. The molecule has 3 rings (SSSR count). The van der Waals surface area contributed by atoms with Crippen LogP contribution in [0, 0.1) is 6.92 Å². The number of amides is 1. The summed E-state index contributed by atoms with van der Waals surface area (Å²) in [5.74, 6) is -0.808. The van der Waals surface area contributed by atoms with Gasteiger partial charge in [0.1, 0.15) is 5.75 Å². The standard InChI is InChI=1S/C19H16N2O4S/c1-12-5-7-13(8-6-12)18(24)21-19-20-16(11-26-19)14-3-2-4-15(9-14)25-10-17(22)23/h2-9,11H,10H2,1H3,(H,22,23)(H,20,21,24). The van der Waals surface area contributed by atoms with Crippen LogP contribution in [0.3, 0.4) is 0 Å². The van der Waals surface area contributed by atoms with Gasteiger partial charge in [-0.1, -0.05) is 29.8 Å². The lowest BCUT2D eigenvalue weighted by Crippen LogP contribution is -2.11. The van der Waals surface area contributed by atoms with Gasteiger partial charge in [0.05, 0.1) is 5.69 Å². The molecule has 0 spiro atoms. The molecule has 0 unspecified atom stereocenters. The molecule has 0 aliphatic rings. The Bertz CT molecular complexity index is 935. The summed E-state index contributed by atoms with van der Waals surface area (Å²) in [5, 5.41) is 13.8. The molecule has 0 fully saturated rings. The van der Waals surface area contributed by atoms with E-state index in [0.29, 0.717) is 22.1 Å². The molecule has 1 heterocycles. The number of ether oxygens (including phenoxy) is 1. The monoisotopic (exact) mass is 368 g/mol. The first-order valence-electron chi connectivity index (χ1n) is 7.80. The van der Waals surface area contributed by atoms with Gasteiger partial charge in [-0.15, -0.1) is 11.3 Å². The van der Waals surface area contributed by atoms with E-state index in [-0.39, 0.29) is 5.91 Å². The van der Waals surface area contributed by atoms with Gasteiger partial charge < -0.3 is 9.84 Å². The van der Waals surface area contributed by atoms with Crippen molar-refractivity contribution in [3.05, 3.63) is 65.0 Å². The Balaban J connectivity index is 1.71. The smallest absolute Gasteiger partial charge is 0.341 e. The second-order valence-corrected chi connectivity index (χ2v) is 6.43. The highest BCUT2D eigenvalue weighted by atomic mass is 32.1. The number of carboxylic acids is 1. The molecule has 0 atom stereocenters. The highest BCUT2D eigenvalue weighted by Gasteiger charge is 2.10. The van der Waals surface area contributed by atoms with Gasteiger partial charge in [0, 0.05) is 16.5 Å². The number of aliphatic carboxylic acids is 1. The van der Waals surface area contributed by atoms with Crippen molar-refractivity contribution in [3.8, 4) is 17.0 Å². The van der Waals surface area contributed by atoms with Crippen LogP contribution in [0.4, 0.5) is 5.13 Å². The van der Waals surface area contributed by atoms with Crippen molar-refractivity contribution >= 4 is 28.3 Å². The predicted octanol–water partition coefficient (Wildman–Crippen LogP) is 3.83. The number of thiazole rings is 1. The number of anilines is 1. The van der Waals surface area contributed by atoms with Crippen molar-refractivity contribution < 1.29 is 19.4 Å². The topological polar surface area (TPSA) is 88.5 Å². The molecule has 2 aromatic carbocycles. The molecule has 0 radical (unpaired) electrons. The van der Waals surface area contributed by atoms with Gasteiger partial charge in [0.2, 0.25) is 0 Å². The number of benzene rings is 2. The van der Waals surface area contributed by atoms with Gasteiger partial charge in [0.25, 0.3) is 5.91 Å². The lowest BCUT2D eigenvalue weighted by Gasteiger charge is -2.04. The molecule has 132 valence electrons. The maximum absolute atomic E-state index is 12.3. The summed E-state index contributed by atoms with van der Waals surface area (Å²) < 4.78 is 5.17. The van der Waals surface area contributed by atoms with Gasteiger partial charge in [-0.05, 0) is 31.2 Å². The molecule has 1 amide bonds. The SMILES string of the molecule is Cc1ccc(C(=O)Nc2nc(-c3cccc(OCC(=O)O)c3)cs2)cc1. The number of carbonyl (C=O) groups excluding carboxylic acids is 1. The number of carboxylic acid groups (broad SMARTS) is 1. The molecule has 0 bridgehead atoms. The maximum atomic E-state index is 12.3. The third-order valence-corrected chi connectivity index (χ3v) is 4.29. The van der Waals surface area contributed by atoms with Gasteiger partial charge >= 0.3 is 5.97 Å². The summed E-state index contributed by atoms with van der Waals surface area (Å²) in [7, 11) is 0. The van der Waals surface area contributed by atoms with Crippen LogP contribution in [0.1, 0.15) is 15.9 Å². The second kappa shape index (κ2) is 7.79. The molecule has 7 heteroatoms. The Morgan fingerprint density at radius 3 is 2.69 bits per heavy atom. The van der Waals surface area contributed by atoms with Crippen LogP contribution in [-0.2, 0) is 4.79 Å². The van der Waals surface area contributed by atoms with Crippen molar-refractivity contribution in [2.45, 2.75) is 6.92 Å². The van der Waals surface area contributed by atoms with Crippen molar-refractivity contribution in [1.29, 1.82) is 0 Å². The van der Waals surface area contributed by atoms with Crippen LogP contribution >= 0.6 is 11.3 Å². The maximum Gasteiger partial charge on any atom is 0.341 e. The van der Waals surface area contributed by atoms with E-state index < -0.39 is 12.6 Å². The van der Waals surface area contributed by atoms with E-state index >= 15 is 0 Å². The van der Waals surface area contributed by atoms with E-state index in [4.69, 9.17) is 9.84 Å². The zero-order valence-electron chi connectivity index (χ0n) is 13.9. The minimum atomic E-state index is -1.04. The van der Waals surface area contributed by atoms with E-state index in [1.54, 1.807) is 30.3 Å². The van der Waals surface area contributed by atoms with Gasteiger partial charge in [-0.3, -0.25) is 10.1 Å². The molecule has 0 saturated carbocycles. The predicted molar refractivity (Wildman–Crippen MR) is 99.8 cm³/mol. The third-order valence-electron chi connectivity index (χ3n) is 3.53. The van der Waals surface area contributed by atoms with Crippen LogP contribution in [0.2, 0.25) is 0 Å². The van der Waals surface area contributed by atoms with Gasteiger partial charge in [0.15, 0.2) is 11.7 Å². The largest absolute Gasteiger partial charge is 0.482 e. The van der Waals surface area contributed by atoms with Crippen LogP contribution in [-0.4, -0.2) is 28.6 Å². The first kappa shape index (κ1) is 17.6. The lowest BCUT2D eigenvalue weighted by molar-refractivity contribution is -0.139. The van der Waals surface area contributed by atoms with Crippen LogP contribution < -0.4 is 10.1 Å². The van der Waals surface area contributed by atoms with E-state index in [1.165, 1.54) is 11.3 Å². The molecular formula is C19H16N2O4S. The van der Waals surface area contributed by atoms with Gasteiger partial charge in [-0.2, -0.15) is 0 Å². The third kappa shape index (κ3) is 4.46. The summed E-state index contributed by atoms with van der Waals surface area (Å²) in [4.78, 5) is 27.3. The summed E-state index contributed by atoms with van der Waals surface area (Å²) >= 11 is 1.32. The molecule has 0 saturated heterocycles. The van der Waals surface area contributed by atoms with Crippen molar-refractivity contribution in [1.82, 2.24) is 4.98 Å². The zero-order valence-corrected chi connectivity index (χ0v) is 14.7. The first-order valence-corrected chi connectivity index (χ1v) is 8.68. The second-order valence-electron chi connectivity index (χ2n) is 5.57. The molecule has 3 aromatic rings.